The lowest BCUT2D eigenvalue weighted by Gasteiger charge is -2.17. The zero-order valence-electron chi connectivity index (χ0n) is 14.9. The number of nitrogens with one attached hydrogen (secondary N) is 1. The van der Waals surface area contributed by atoms with Crippen LogP contribution in [0.15, 0.2) is 29.1 Å². The van der Waals surface area contributed by atoms with Crippen molar-refractivity contribution in [3.63, 3.8) is 0 Å². The molecule has 0 radical (unpaired) electrons. The molecule has 0 aliphatic heterocycles. The first-order chi connectivity index (χ1) is 12.2. The van der Waals surface area contributed by atoms with Crippen LogP contribution in [0.4, 0.5) is 8.78 Å². The summed E-state index contributed by atoms with van der Waals surface area (Å²) in [4.78, 5) is 19.4. The fourth-order valence-electron chi connectivity index (χ4n) is 2.97. The normalized spacial score (nSPS) is 11.7. The maximum Gasteiger partial charge on any atom is 0.264 e. The third-order valence-corrected chi connectivity index (χ3v) is 4.78. The molecule has 0 bridgehead atoms. The van der Waals surface area contributed by atoms with Crippen molar-refractivity contribution in [3.8, 4) is 11.3 Å². The molecule has 0 aliphatic carbocycles. The molecule has 0 unspecified atom stereocenters. The molecular formula is C19H19F2N3OS. The summed E-state index contributed by atoms with van der Waals surface area (Å²) in [5.41, 5.74) is 2.45. The van der Waals surface area contributed by atoms with Gasteiger partial charge >= 0.3 is 0 Å². The topological polar surface area (TPSA) is 50.7 Å². The number of alkyl halides is 2. The molecule has 0 saturated carbocycles. The third-order valence-electron chi connectivity index (χ3n) is 4.48. The van der Waals surface area contributed by atoms with Gasteiger partial charge in [0.15, 0.2) is 4.77 Å². The summed E-state index contributed by atoms with van der Waals surface area (Å²) in [7, 11) is 0. The lowest BCUT2D eigenvalue weighted by atomic mass is 10.0. The van der Waals surface area contributed by atoms with Gasteiger partial charge in [-0.2, -0.15) is 0 Å². The molecule has 0 amide bonds. The number of hydrogen-bond acceptors (Lipinski definition) is 3. The van der Waals surface area contributed by atoms with E-state index in [1.165, 1.54) is 6.07 Å². The molecule has 2 heterocycles. The van der Waals surface area contributed by atoms with Crippen LogP contribution < -0.4 is 5.56 Å². The molecule has 1 aromatic carbocycles. The van der Waals surface area contributed by atoms with Crippen LogP contribution in [0, 0.1) is 18.6 Å². The summed E-state index contributed by atoms with van der Waals surface area (Å²) in [6.07, 6.45) is -2.80. The van der Waals surface area contributed by atoms with Crippen molar-refractivity contribution in [2.75, 3.05) is 0 Å². The molecule has 2 aromatic heterocycles. The fraction of sp³-hybridized carbons (Fsp3) is 0.316. The second kappa shape index (κ2) is 6.72. The van der Waals surface area contributed by atoms with Gasteiger partial charge in [0.1, 0.15) is 5.65 Å². The first kappa shape index (κ1) is 18.4. The van der Waals surface area contributed by atoms with Crippen LogP contribution in [0.3, 0.4) is 0 Å². The van der Waals surface area contributed by atoms with Crippen molar-refractivity contribution in [2.24, 2.45) is 0 Å². The largest absolute Gasteiger partial charge is 0.300 e. The Labute approximate surface area is 154 Å². The van der Waals surface area contributed by atoms with Gasteiger partial charge < -0.3 is 0 Å². The standard InChI is InChI=1S/C19H19F2N3OS/c1-9(2)24-17-15(18(25)23-19(24)26)13(16(20)21)8-14(22-17)12-6-5-10(3)11(4)7-12/h5-9,16H,1-4H3,(H,23,25,26). The summed E-state index contributed by atoms with van der Waals surface area (Å²) >= 11 is 5.23. The summed E-state index contributed by atoms with van der Waals surface area (Å²) in [6.45, 7) is 7.65. The highest BCUT2D eigenvalue weighted by Crippen LogP contribution is 2.31. The van der Waals surface area contributed by atoms with Crippen LogP contribution in [0.25, 0.3) is 22.3 Å². The van der Waals surface area contributed by atoms with Crippen molar-refractivity contribution >= 4 is 23.3 Å². The van der Waals surface area contributed by atoms with E-state index in [2.05, 4.69) is 9.97 Å². The minimum Gasteiger partial charge on any atom is -0.300 e. The number of H-pyrrole nitrogens is 1. The van der Waals surface area contributed by atoms with Crippen molar-refractivity contribution in [2.45, 2.75) is 40.2 Å². The van der Waals surface area contributed by atoms with Crippen molar-refractivity contribution in [1.82, 2.24) is 14.5 Å². The minimum atomic E-state index is -2.80. The number of fused-ring (bicyclic) bond motifs is 1. The van der Waals surface area contributed by atoms with Crippen LogP contribution in [0.5, 0.6) is 0 Å². The fourth-order valence-corrected chi connectivity index (χ4v) is 3.36. The predicted octanol–water partition coefficient (Wildman–Crippen LogP) is 5.26. The summed E-state index contributed by atoms with van der Waals surface area (Å²) in [5.74, 6) is 0. The van der Waals surface area contributed by atoms with Crippen LogP contribution >= 0.6 is 12.2 Å². The Morgan fingerprint density at radius 2 is 1.85 bits per heavy atom. The molecule has 0 aliphatic rings. The number of aromatic amines is 1. The SMILES string of the molecule is Cc1ccc(-c2cc(C(F)F)c3c(=O)[nH]c(=S)n(C(C)C)c3n2)cc1C. The Hall–Kier alpha value is -2.41. The van der Waals surface area contributed by atoms with Gasteiger partial charge in [-0.3, -0.25) is 14.3 Å². The lowest BCUT2D eigenvalue weighted by Crippen LogP contribution is -2.19. The number of rotatable bonds is 3. The Morgan fingerprint density at radius 1 is 1.15 bits per heavy atom. The Bertz CT molecular complexity index is 1120. The van der Waals surface area contributed by atoms with E-state index in [4.69, 9.17) is 12.2 Å². The van der Waals surface area contributed by atoms with Crippen molar-refractivity contribution in [3.05, 3.63) is 56.1 Å². The van der Waals surface area contributed by atoms with E-state index < -0.39 is 12.0 Å². The quantitative estimate of drug-likeness (QED) is 0.636. The molecule has 7 heteroatoms. The van der Waals surface area contributed by atoms with Gasteiger partial charge in [-0.15, -0.1) is 0 Å². The van der Waals surface area contributed by atoms with Crippen LogP contribution in [0.2, 0.25) is 0 Å². The van der Waals surface area contributed by atoms with Crippen LogP contribution in [0.1, 0.15) is 43.0 Å². The van der Waals surface area contributed by atoms with Crippen LogP contribution in [-0.4, -0.2) is 14.5 Å². The maximum absolute atomic E-state index is 13.7. The first-order valence-corrected chi connectivity index (χ1v) is 8.66. The highest BCUT2D eigenvalue weighted by molar-refractivity contribution is 7.71. The molecule has 3 aromatic rings. The van der Waals surface area contributed by atoms with Gasteiger partial charge in [0.2, 0.25) is 0 Å². The van der Waals surface area contributed by atoms with Crippen LogP contribution in [-0.2, 0) is 0 Å². The number of aryl methyl sites for hydroxylation is 2. The Morgan fingerprint density at radius 3 is 2.42 bits per heavy atom. The summed E-state index contributed by atoms with van der Waals surface area (Å²) < 4.78 is 29.2. The summed E-state index contributed by atoms with van der Waals surface area (Å²) in [6, 6.07) is 6.81. The molecule has 4 nitrogen and oxygen atoms in total. The molecule has 136 valence electrons. The highest BCUT2D eigenvalue weighted by Gasteiger charge is 2.21. The number of hydrogen-bond donors (Lipinski definition) is 1. The molecule has 0 saturated heterocycles. The molecular weight excluding hydrogens is 356 g/mol. The van der Waals surface area contributed by atoms with E-state index in [-0.39, 0.29) is 27.4 Å². The first-order valence-electron chi connectivity index (χ1n) is 8.26. The smallest absolute Gasteiger partial charge is 0.264 e. The van der Waals surface area contributed by atoms with Gasteiger partial charge in [-0.1, -0.05) is 12.1 Å². The van der Waals surface area contributed by atoms with Crippen molar-refractivity contribution in [1.29, 1.82) is 0 Å². The third kappa shape index (κ3) is 3.07. The number of halogens is 2. The number of nitrogens with zero attached hydrogens (tertiary/aromatic N) is 2. The zero-order valence-corrected chi connectivity index (χ0v) is 15.7. The average Bonchev–Trinajstić information content (AvgIpc) is 2.55. The molecule has 0 fully saturated rings. The van der Waals surface area contributed by atoms with E-state index in [1.807, 2.05) is 45.9 Å². The maximum atomic E-state index is 13.7. The number of aromatic nitrogens is 3. The minimum absolute atomic E-state index is 0.116. The van der Waals surface area contributed by atoms with E-state index in [0.29, 0.717) is 5.69 Å². The van der Waals surface area contributed by atoms with E-state index in [1.54, 1.807) is 4.57 Å². The monoisotopic (exact) mass is 375 g/mol. The van der Waals surface area contributed by atoms with Gasteiger partial charge in [-0.25, -0.2) is 13.8 Å². The molecule has 1 N–H and O–H groups in total. The Kier molecular flexibility index (Phi) is 4.75. The molecule has 0 spiro atoms. The summed E-state index contributed by atoms with van der Waals surface area (Å²) in [5, 5.41) is -0.116. The average molecular weight is 375 g/mol. The number of pyridine rings is 1. The molecule has 26 heavy (non-hydrogen) atoms. The second-order valence-electron chi connectivity index (χ2n) is 6.62. The highest BCUT2D eigenvalue weighted by atomic mass is 32.1. The Balaban J connectivity index is 2.47. The van der Waals surface area contributed by atoms with E-state index in [0.717, 1.165) is 16.7 Å². The van der Waals surface area contributed by atoms with Gasteiger partial charge in [-0.05, 0) is 63.2 Å². The van der Waals surface area contributed by atoms with Gasteiger partial charge in [0.05, 0.1) is 11.1 Å². The van der Waals surface area contributed by atoms with Crippen molar-refractivity contribution < 1.29 is 8.78 Å². The molecule has 3 rings (SSSR count). The van der Waals surface area contributed by atoms with E-state index >= 15 is 0 Å². The lowest BCUT2D eigenvalue weighted by molar-refractivity contribution is 0.153. The van der Waals surface area contributed by atoms with E-state index in [9.17, 15) is 13.6 Å². The van der Waals surface area contributed by atoms with Gasteiger partial charge in [0.25, 0.3) is 12.0 Å². The number of benzene rings is 1. The molecule has 0 atom stereocenters. The zero-order chi connectivity index (χ0) is 19.2. The second-order valence-corrected chi connectivity index (χ2v) is 7.00. The van der Waals surface area contributed by atoms with Gasteiger partial charge in [0, 0.05) is 17.2 Å². The predicted molar refractivity (Wildman–Crippen MR) is 101 cm³/mol.